The van der Waals surface area contributed by atoms with E-state index in [4.69, 9.17) is 5.11 Å². The molecular formula is C10H15N3O2. The van der Waals surface area contributed by atoms with Crippen LogP contribution in [0.5, 0.6) is 0 Å². The number of carboxylic acids is 1. The molecule has 0 unspecified atom stereocenters. The molecule has 0 aliphatic heterocycles. The van der Waals surface area contributed by atoms with E-state index in [1.165, 1.54) is 0 Å². The maximum absolute atomic E-state index is 10.9. The summed E-state index contributed by atoms with van der Waals surface area (Å²) in [6.45, 7) is 0.692. The largest absolute Gasteiger partial charge is 0.480 e. The number of carboxylic acid groups (broad SMARTS) is 1. The van der Waals surface area contributed by atoms with Gasteiger partial charge in [0.1, 0.15) is 5.54 Å². The van der Waals surface area contributed by atoms with Crippen molar-refractivity contribution in [1.29, 1.82) is 0 Å². The molecule has 0 aromatic carbocycles. The van der Waals surface area contributed by atoms with Crippen LogP contribution in [0.25, 0.3) is 0 Å². The molecule has 1 heterocycles. The third kappa shape index (κ3) is 2.18. The number of aliphatic carboxylic acids is 1. The fourth-order valence-electron chi connectivity index (χ4n) is 1.64. The van der Waals surface area contributed by atoms with Gasteiger partial charge in [-0.2, -0.15) is 5.10 Å². The first-order valence-corrected chi connectivity index (χ1v) is 5.08. The van der Waals surface area contributed by atoms with Crippen molar-refractivity contribution in [3.8, 4) is 0 Å². The minimum atomic E-state index is -0.728. The first-order chi connectivity index (χ1) is 7.12. The molecular weight excluding hydrogens is 194 g/mol. The highest BCUT2D eigenvalue weighted by molar-refractivity contribution is 5.82. The first-order valence-electron chi connectivity index (χ1n) is 5.08. The highest BCUT2D eigenvalue weighted by Gasteiger charge is 2.49. The maximum Gasteiger partial charge on any atom is 0.323 e. The van der Waals surface area contributed by atoms with Crippen LogP contribution < -0.4 is 5.32 Å². The second-order valence-electron chi connectivity index (χ2n) is 4.09. The van der Waals surface area contributed by atoms with Crippen molar-refractivity contribution in [2.24, 2.45) is 7.05 Å². The summed E-state index contributed by atoms with van der Waals surface area (Å²) in [5.74, 6) is -0.728. The quantitative estimate of drug-likeness (QED) is 0.725. The number of aryl methyl sites for hydroxylation is 1. The molecule has 1 saturated carbocycles. The Balaban J connectivity index is 1.78. The number of carbonyl (C=O) groups is 1. The van der Waals surface area contributed by atoms with Crippen LogP contribution in [0, 0.1) is 0 Å². The molecule has 0 atom stereocenters. The van der Waals surface area contributed by atoms with Gasteiger partial charge < -0.3 is 10.4 Å². The van der Waals surface area contributed by atoms with Gasteiger partial charge in [-0.1, -0.05) is 0 Å². The topological polar surface area (TPSA) is 67.2 Å². The third-order valence-electron chi connectivity index (χ3n) is 2.79. The van der Waals surface area contributed by atoms with E-state index in [9.17, 15) is 4.79 Å². The molecule has 0 amide bonds. The molecule has 5 heteroatoms. The van der Waals surface area contributed by atoms with E-state index in [0.29, 0.717) is 6.54 Å². The Morgan fingerprint density at radius 3 is 2.93 bits per heavy atom. The number of nitrogens with zero attached hydrogens (tertiary/aromatic N) is 2. The molecule has 1 aliphatic rings. The van der Waals surface area contributed by atoms with Crippen molar-refractivity contribution in [3.05, 3.63) is 18.0 Å². The van der Waals surface area contributed by atoms with Crippen molar-refractivity contribution in [3.63, 3.8) is 0 Å². The van der Waals surface area contributed by atoms with Crippen LogP contribution in [0.3, 0.4) is 0 Å². The minimum Gasteiger partial charge on any atom is -0.480 e. The number of nitrogens with one attached hydrogen (secondary N) is 1. The Bertz CT molecular complexity index is 368. The van der Waals surface area contributed by atoms with E-state index in [1.807, 2.05) is 19.4 Å². The lowest BCUT2D eigenvalue weighted by molar-refractivity contribution is -0.140. The molecule has 0 bridgehead atoms. The van der Waals surface area contributed by atoms with Crippen LogP contribution in [0.15, 0.2) is 12.4 Å². The molecule has 0 spiro atoms. The number of rotatable bonds is 5. The fraction of sp³-hybridized carbons (Fsp3) is 0.600. The van der Waals surface area contributed by atoms with E-state index in [0.717, 1.165) is 24.8 Å². The van der Waals surface area contributed by atoms with Crippen LogP contribution in [0.1, 0.15) is 18.4 Å². The van der Waals surface area contributed by atoms with Crippen molar-refractivity contribution in [2.45, 2.75) is 24.8 Å². The Morgan fingerprint density at radius 2 is 2.47 bits per heavy atom. The van der Waals surface area contributed by atoms with Gasteiger partial charge >= 0.3 is 5.97 Å². The zero-order chi connectivity index (χ0) is 10.9. The van der Waals surface area contributed by atoms with E-state index in [2.05, 4.69) is 10.4 Å². The fourth-order valence-corrected chi connectivity index (χ4v) is 1.64. The van der Waals surface area contributed by atoms with Crippen LogP contribution in [-0.2, 0) is 18.3 Å². The van der Waals surface area contributed by atoms with Gasteiger partial charge in [0.15, 0.2) is 0 Å². The van der Waals surface area contributed by atoms with E-state index in [1.54, 1.807) is 4.68 Å². The predicted octanol–water partition coefficient (Wildman–Crippen LogP) is 0.169. The van der Waals surface area contributed by atoms with Crippen molar-refractivity contribution >= 4 is 5.97 Å². The van der Waals surface area contributed by atoms with Crippen LogP contribution in [0.2, 0.25) is 0 Å². The monoisotopic (exact) mass is 209 g/mol. The number of hydrogen-bond donors (Lipinski definition) is 2. The van der Waals surface area contributed by atoms with E-state index < -0.39 is 11.5 Å². The third-order valence-corrected chi connectivity index (χ3v) is 2.79. The molecule has 5 nitrogen and oxygen atoms in total. The molecule has 2 rings (SSSR count). The second-order valence-corrected chi connectivity index (χ2v) is 4.09. The molecule has 1 aromatic heterocycles. The second kappa shape index (κ2) is 3.66. The molecule has 15 heavy (non-hydrogen) atoms. The van der Waals surface area contributed by atoms with Crippen molar-refractivity contribution in [2.75, 3.05) is 6.54 Å². The Hall–Kier alpha value is -1.36. The summed E-state index contributed by atoms with van der Waals surface area (Å²) < 4.78 is 1.75. The van der Waals surface area contributed by atoms with Crippen LogP contribution >= 0.6 is 0 Å². The lowest BCUT2D eigenvalue weighted by Crippen LogP contribution is -2.40. The summed E-state index contributed by atoms with van der Waals surface area (Å²) in [7, 11) is 1.87. The molecule has 0 radical (unpaired) electrons. The lowest BCUT2D eigenvalue weighted by Gasteiger charge is -2.11. The summed E-state index contributed by atoms with van der Waals surface area (Å²) in [6, 6.07) is 0. The first kappa shape index (κ1) is 10.2. The van der Waals surface area contributed by atoms with Crippen molar-refractivity contribution in [1.82, 2.24) is 15.1 Å². The lowest BCUT2D eigenvalue weighted by atomic mass is 10.2. The molecule has 2 N–H and O–H groups in total. The molecule has 0 saturated heterocycles. The molecule has 1 aliphatic carbocycles. The maximum atomic E-state index is 10.9. The van der Waals surface area contributed by atoms with Gasteiger partial charge in [0, 0.05) is 19.8 Å². The normalized spacial score (nSPS) is 17.7. The number of hydrogen-bond acceptors (Lipinski definition) is 3. The molecule has 1 aromatic rings. The Kier molecular flexibility index (Phi) is 2.48. The summed E-state index contributed by atoms with van der Waals surface area (Å²) in [5, 5.41) is 16.1. The molecule has 1 fully saturated rings. The van der Waals surface area contributed by atoms with Gasteiger partial charge in [-0.25, -0.2) is 0 Å². The smallest absolute Gasteiger partial charge is 0.323 e. The summed E-state index contributed by atoms with van der Waals surface area (Å²) in [4.78, 5) is 10.9. The predicted molar refractivity (Wildman–Crippen MR) is 54.5 cm³/mol. The highest BCUT2D eigenvalue weighted by Crippen LogP contribution is 2.35. The standard InChI is InChI=1S/C10H15N3O2/c1-13-7-8(6-12-13)2-5-11-10(3-4-10)9(14)15/h6-7,11H,2-5H2,1H3,(H,14,15). The van der Waals surface area contributed by atoms with Gasteiger partial charge in [0.2, 0.25) is 0 Å². The van der Waals surface area contributed by atoms with E-state index >= 15 is 0 Å². The molecule has 82 valence electrons. The highest BCUT2D eigenvalue weighted by atomic mass is 16.4. The van der Waals surface area contributed by atoms with Gasteiger partial charge in [-0.15, -0.1) is 0 Å². The summed E-state index contributed by atoms with van der Waals surface area (Å²) >= 11 is 0. The average molecular weight is 209 g/mol. The SMILES string of the molecule is Cn1cc(CCNC2(C(=O)O)CC2)cn1. The summed E-state index contributed by atoms with van der Waals surface area (Å²) in [5.41, 5.74) is 0.508. The van der Waals surface area contributed by atoms with Crippen LogP contribution in [0.4, 0.5) is 0 Å². The van der Waals surface area contributed by atoms with Crippen molar-refractivity contribution < 1.29 is 9.90 Å². The van der Waals surface area contributed by atoms with E-state index in [-0.39, 0.29) is 0 Å². The van der Waals surface area contributed by atoms with Gasteiger partial charge in [-0.05, 0) is 24.8 Å². The van der Waals surface area contributed by atoms with Gasteiger partial charge in [0.25, 0.3) is 0 Å². The Morgan fingerprint density at radius 1 is 1.73 bits per heavy atom. The zero-order valence-corrected chi connectivity index (χ0v) is 8.73. The van der Waals surface area contributed by atoms with Crippen LogP contribution in [-0.4, -0.2) is 32.9 Å². The average Bonchev–Trinajstić information content (AvgIpc) is 2.86. The number of aromatic nitrogens is 2. The zero-order valence-electron chi connectivity index (χ0n) is 8.73. The summed E-state index contributed by atoms with van der Waals surface area (Å²) in [6.07, 6.45) is 6.07. The van der Waals surface area contributed by atoms with Gasteiger partial charge in [0.05, 0.1) is 6.20 Å². The minimum absolute atomic E-state index is 0.623. The van der Waals surface area contributed by atoms with Gasteiger partial charge in [-0.3, -0.25) is 9.48 Å². The Labute approximate surface area is 88.1 Å².